The van der Waals surface area contributed by atoms with Crippen molar-refractivity contribution in [3.8, 4) is 0 Å². The molecule has 0 aromatic rings. The Morgan fingerprint density at radius 1 is 1.40 bits per heavy atom. The Bertz CT molecular complexity index is 277. The van der Waals surface area contributed by atoms with Gasteiger partial charge in [0, 0.05) is 38.0 Å². The van der Waals surface area contributed by atoms with Gasteiger partial charge < -0.3 is 5.32 Å². The minimum Gasteiger partial charge on any atom is -0.311 e. The number of sulfone groups is 1. The second-order valence-corrected chi connectivity index (χ2v) is 6.57. The van der Waals surface area contributed by atoms with Gasteiger partial charge in [-0.2, -0.15) is 0 Å². The highest BCUT2D eigenvalue weighted by Gasteiger charge is 2.19. The van der Waals surface area contributed by atoms with E-state index in [0.29, 0.717) is 18.3 Å². The monoisotopic (exact) mass is 234 g/mol. The number of hydrogen-bond donors (Lipinski definition) is 1. The fourth-order valence-corrected chi connectivity index (χ4v) is 2.61. The van der Waals surface area contributed by atoms with E-state index in [-0.39, 0.29) is 5.75 Å². The molecule has 0 spiro atoms. The van der Waals surface area contributed by atoms with Crippen LogP contribution in [0, 0.1) is 0 Å². The van der Waals surface area contributed by atoms with Crippen molar-refractivity contribution in [2.24, 2.45) is 0 Å². The van der Waals surface area contributed by atoms with Crippen LogP contribution in [0.1, 0.15) is 20.3 Å². The third-order valence-corrected chi connectivity index (χ3v) is 4.68. The molecule has 1 atom stereocenters. The summed E-state index contributed by atoms with van der Waals surface area (Å²) in [4.78, 5) is 2.25. The standard InChI is InChI=1S/C10H22N2O2S/c1-3-10-9-12(6-5-11-10)7-8-15(13,14)4-2/h10-11H,3-9H2,1-2H3. The van der Waals surface area contributed by atoms with E-state index in [1.165, 1.54) is 0 Å². The van der Waals surface area contributed by atoms with Crippen molar-refractivity contribution < 1.29 is 8.42 Å². The normalized spacial score (nSPS) is 24.3. The maximum absolute atomic E-state index is 11.4. The first-order chi connectivity index (χ1) is 7.07. The van der Waals surface area contributed by atoms with Crippen LogP contribution in [0.15, 0.2) is 0 Å². The third kappa shape index (κ3) is 4.49. The average Bonchev–Trinajstić information content (AvgIpc) is 2.27. The van der Waals surface area contributed by atoms with Gasteiger partial charge in [0.15, 0.2) is 9.84 Å². The molecule has 0 aromatic carbocycles. The zero-order chi connectivity index (χ0) is 11.3. The van der Waals surface area contributed by atoms with E-state index in [1.54, 1.807) is 6.92 Å². The summed E-state index contributed by atoms with van der Waals surface area (Å²) >= 11 is 0. The van der Waals surface area contributed by atoms with Gasteiger partial charge in [-0.3, -0.25) is 4.90 Å². The van der Waals surface area contributed by atoms with Gasteiger partial charge in [-0.15, -0.1) is 0 Å². The second kappa shape index (κ2) is 5.82. The summed E-state index contributed by atoms with van der Waals surface area (Å²) < 4.78 is 22.7. The van der Waals surface area contributed by atoms with Crippen LogP contribution in [0.3, 0.4) is 0 Å². The van der Waals surface area contributed by atoms with Gasteiger partial charge in [-0.25, -0.2) is 8.42 Å². The predicted octanol–water partition coefficient (Wildman–Crippen LogP) is 0.105. The van der Waals surface area contributed by atoms with Gasteiger partial charge >= 0.3 is 0 Å². The van der Waals surface area contributed by atoms with Crippen molar-refractivity contribution in [2.75, 3.05) is 37.7 Å². The lowest BCUT2D eigenvalue weighted by Crippen LogP contribution is -2.51. The van der Waals surface area contributed by atoms with Crippen LogP contribution in [0.4, 0.5) is 0 Å². The van der Waals surface area contributed by atoms with Crippen molar-refractivity contribution >= 4 is 9.84 Å². The molecule has 1 saturated heterocycles. The fraction of sp³-hybridized carbons (Fsp3) is 1.00. The highest BCUT2D eigenvalue weighted by atomic mass is 32.2. The van der Waals surface area contributed by atoms with E-state index >= 15 is 0 Å². The fourth-order valence-electron chi connectivity index (χ4n) is 1.78. The Hall–Kier alpha value is -0.130. The van der Waals surface area contributed by atoms with Crippen molar-refractivity contribution in [3.63, 3.8) is 0 Å². The summed E-state index contributed by atoms with van der Waals surface area (Å²) in [5, 5.41) is 3.42. The predicted molar refractivity (Wildman–Crippen MR) is 62.8 cm³/mol. The maximum atomic E-state index is 11.4. The quantitative estimate of drug-likeness (QED) is 0.733. The third-order valence-electron chi connectivity index (χ3n) is 2.99. The lowest BCUT2D eigenvalue weighted by molar-refractivity contribution is 0.207. The smallest absolute Gasteiger partial charge is 0.151 e. The van der Waals surface area contributed by atoms with E-state index in [4.69, 9.17) is 0 Å². The lowest BCUT2D eigenvalue weighted by Gasteiger charge is -2.33. The van der Waals surface area contributed by atoms with Crippen molar-refractivity contribution in [1.82, 2.24) is 10.2 Å². The van der Waals surface area contributed by atoms with Crippen LogP contribution in [0.25, 0.3) is 0 Å². The maximum Gasteiger partial charge on any atom is 0.151 e. The van der Waals surface area contributed by atoms with E-state index in [0.717, 1.165) is 26.1 Å². The molecule has 0 radical (unpaired) electrons. The molecular weight excluding hydrogens is 212 g/mol. The molecule has 5 heteroatoms. The van der Waals surface area contributed by atoms with E-state index in [1.807, 2.05) is 0 Å². The molecule has 0 aromatic heterocycles. The molecule has 1 fully saturated rings. The number of piperazine rings is 1. The summed E-state index contributed by atoms with van der Waals surface area (Å²) in [5.74, 6) is 0.566. The first-order valence-electron chi connectivity index (χ1n) is 5.73. The van der Waals surface area contributed by atoms with Gasteiger partial charge in [0.1, 0.15) is 0 Å². The number of rotatable bonds is 5. The van der Waals surface area contributed by atoms with Crippen molar-refractivity contribution in [3.05, 3.63) is 0 Å². The average molecular weight is 234 g/mol. The molecule has 1 aliphatic rings. The highest BCUT2D eigenvalue weighted by Crippen LogP contribution is 2.03. The number of nitrogens with zero attached hydrogens (tertiary/aromatic N) is 1. The first kappa shape index (κ1) is 12.9. The molecule has 15 heavy (non-hydrogen) atoms. The molecule has 0 saturated carbocycles. The SMILES string of the molecule is CCC1CN(CCS(=O)(=O)CC)CCN1. The highest BCUT2D eigenvalue weighted by molar-refractivity contribution is 7.91. The zero-order valence-electron chi connectivity index (χ0n) is 9.70. The molecule has 0 amide bonds. The summed E-state index contributed by atoms with van der Waals surface area (Å²) in [7, 11) is -2.81. The summed E-state index contributed by atoms with van der Waals surface area (Å²) in [6, 6.07) is 0.531. The Balaban J connectivity index is 2.33. The lowest BCUT2D eigenvalue weighted by atomic mass is 10.1. The topological polar surface area (TPSA) is 49.4 Å². The second-order valence-electron chi connectivity index (χ2n) is 4.10. The number of hydrogen-bond acceptors (Lipinski definition) is 4. The van der Waals surface area contributed by atoms with E-state index in [9.17, 15) is 8.42 Å². The Kier molecular flexibility index (Phi) is 5.02. The minimum absolute atomic E-state index is 0.260. The molecular formula is C10H22N2O2S. The van der Waals surface area contributed by atoms with E-state index in [2.05, 4.69) is 17.1 Å². The van der Waals surface area contributed by atoms with Gasteiger partial charge in [-0.1, -0.05) is 13.8 Å². The van der Waals surface area contributed by atoms with Crippen LogP contribution in [0.5, 0.6) is 0 Å². The number of nitrogens with one attached hydrogen (secondary N) is 1. The molecule has 1 rings (SSSR count). The van der Waals surface area contributed by atoms with Crippen molar-refractivity contribution in [1.29, 1.82) is 0 Å². The molecule has 1 heterocycles. The first-order valence-corrected chi connectivity index (χ1v) is 7.55. The molecule has 0 bridgehead atoms. The molecule has 90 valence electrons. The van der Waals surface area contributed by atoms with Crippen LogP contribution < -0.4 is 5.32 Å². The zero-order valence-corrected chi connectivity index (χ0v) is 10.5. The summed E-state index contributed by atoms with van der Waals surface area (Å²) in [6.07, 6.45) is 1.11. The molecule has 1 unspecified atom stereocenters. The van der Waals surface area contributed by atoms with Gasteiger partial charge in [0.25, 0.3) is 0 Å². The van der Waals surface area contributed by atoms with Gasteiger partial charge in [-0.05, 0) is 6.42 Å². The van der Waals surface area contributed by atoms with E-state index < -0.39 is 9.84 Å². The Labute approximate surface area is 93.0 Å². The molecule has 1 aliphatic heterocycles. The van der Waals surface area contributed by atoms with Crippen LogP contribution in [-0.2, 0) is 9.84 Å². The van der Waals surface area contributed by atoms with Gasteiger partial charge in [0.05, 0.1) is 5.75 Å². The summed E-state index contributed by atoms with van der Waals surface area (Å²) in [5.41, 5.74) is 0. The Morgan fingerprint density at radius 2 is 2.13 bits per heavy atom. The molecule has 1 N–H and O–H groups in total. The van der Waals surface area contributed by atoms with Crippen LogP contribution >= 0.6 is 0 Å². The summed E-state index contributed by atoms with van der Waals surface area (Å²) in [6.45, 7) is 7.48. The minimum atomic E-state index is -2.81. The molecule has 0 aliphatic carbocycles. The molecule has 4 nitrogen and oxygen atoms in total. The van der Waals surface area contributed by atoms with Crippen LogP contribution in [0.2, 0.25) is 0 Å². The Morgan fingerprint density at radius 3 is 2.73 bits per heavy atom. The van der Waals surface area contributed by atoms with Gasteiger partial charge in [0.2, 0.25) is 0 Å². The van der Waals surface area contributed by atoms with Crippen LogP contribution in [-0.4, -0.2) is 57.0 Å². The van der Waals surface area contributed by atoms with Crippen molar-refractivity contribution in [2.45, 2.75) is 26.3 Å². The largest absolute Gasteiger partial charge is 0.311 e.